The number of hydrogen-bond donors (Lipinski definition) is 5. The van der Waals surface area contributed by atoms with Crippen LogP contribution in [0.25, 0.3) is 0 Å². The number of carbonyl (C=O) groups is 4. The minimum absolute atomic E-state index is 0.103. The summed E-state index contributed by atoms with van der Waals surface area (Å²) in [5, 5.41) is 16.3. The van der Waals surface area contributed by atoms with Gasteiger partial charge in [0.2, 0.25) is 0 Å². The Bertz CT molecular complexity index is 905. The average Bonchev–Trinajstić information content (AvgIpc) is 2.77. The van der Waals surface area contributed by atoms with Crippen LogP contribution in [0.3, 0.4) is 0 Å². The highest BCUT2D eigenvalue weighted by Gasteiger charge is 2.08. The molecular weight excluding hydrogens is 424 g/mol. The number of carboxylic acids is 1. The van der Waals surface area contributed by atoms with Crippen LogP contribution in [-0.2, 0) is 0 Å². The Labute approximate surface area is 194 Å². The van der Waals surface area contributed by atoms with Gasteiger partial charge in [-0.15, -0.1) is 0 Å². The van der Waals surface area contributed by atoms with E-state index in [2.05, 4.69) is 16.0 Å². The van der Waals surface area contributed by atoms with E-state index in [-0.39, 0.29) is 29.3 Å². The van der Waals surface area contributed by atoms with Gasteiger partial charge in [0.05, 0.1) is 5.56 Å². The first-order valence-corrected chi connectivity index (χ1v) is 10.4. The Morgan fingerprint density at radius 2 is 0.939 bits per heavy atom. The molecule has 0 aromatic heterocycles. The number of nitrogens with two attached hydrogens (primary N) is 1. The fraction of sp³-hybridized carbons (Fsp3) is 0.333. The molecular formula is C24H34N4O5. The molecule has 9 heteroatoms. The van der Waals surface area contributed by atoms with Crippen molar-refractivity contribution in [2.45, 2.75) is 39.8 Å². The van der Waals surface area contributed by atoms with E-state index < -0.39 is 5.97 Å². The summed E-state index contributed by atoms with van der Waals surface area (Å²) in [6, 6.07) is 12.7. The zero-order valence-corrected chi connectivity index (χ0v) is 19.9. The van der Waals surface area contributed by atoms with Gasteiger partial charge in [0.25, 0.3) is 17.7 Å². The van der Waals surface area contributed by atoms with Crippen LogP contribution < -0.4 is 21.7 Å². The van der Waals surface area contributed by atoms with E-state index in [1.807, 2.05) is 27.7 Å². The lowest BCUT2D eigenvalue weighted by atomic mass is 10.1. The molecule has 2 aromatic rings. The number of aromatic carboxylic acids is 1. The lowest BCUT2D eigenvalue weighted by molar-refractivity contribution is 0.0695. The molecule has 0 radical (unpaired) electrons. The van der Waals surface area contributed by atoms with Crippen molar-refractivity contribution in [1.29, 1.82) is 0 Å². The highest BCUT2D eigenvalue weighted by molar-refractivity contribution is 5.98. The normalized spacial score (nSPS) is 9.61. The number of benzene rings is 2. The molecule has 0 spiro atoms. The summed E-state index contributed by atoms with van der Waals surface area (Å²) >= 11 is 0. The second-order valence-corrected chi connectivity index (χ2v) is 7.49. The topological polar surface area (TPSA) is 151 Å². The third-order valence-electron chi connectivity index (χ3n) is 3.68. The number of nitrogens with one attached hydrogen (secondary N) is 3. The summed E-state index contributed by atoms with van der Waals surface area (Å²) in [4.78, 5) is 44.3. The van der Waals surface area contributed by atoms with Crippen LogP contribution in [0.15, 0.2) is 48.5 Å². The Hall–Kier alpha value is -3.72. The van der Waals surface area contributed by atoms with E-state index in [1.54, 1.807) is 31.3 Å². The van der Waals surface area contributed by atoms with Crippen LogP contribution in [0.5, 0.6) is 0 Å². The molecule has 0 aliphatic heterocycles. The molecule has 33 heavy (non-hydrogen) atoms. The maximum atomic E-state index is 11.6. The van der Waals surface area contributed by atoms with E-state index >= 15 is 0 Å². The van der Waals surface area contributed by atoms with Crippen molar-refractivity contribution in [2.75, 3.05) is 14.1 Å². The molecule has 2 rings (SSSR count). The van der Waals surface area contributed by atoms with Gasteiger partial charge in [-0.25, -0.2) is 4.79 Å². The molecule has 0 atom stereocenters. The number of carboxylic acid groups (broad SMARTS) is 1. The minimum Gasteiger partial charge on any atom is -0.478 e. The van der Waals surface area contributed by atoms with Crippen LogP contribution in [0.4, 0.5) is 0 Å². The number of amides is 3. The first kappa shape index (κ1) is 29.3. The van der Waals surface area contributed by atoms with Crippen molar-refractivity contribution in [3.8, 4) is 0 Å². The maximum Gasteiger partial charge on any atom is 0.335 e. The summed E-state index contributed by atoms with van der Waals surface area (Å²) < 4.78 is 0. The summed E-state index contributed by atoms with van der Waals surface area (Å²) in [5.41, 5.74) is 6.84. The Morgan fingerprint density at radius 1 is 0.667 bits per heavy atom. The monoisotopic (exact) mass is 458 g/mol. The third kappa shape index (κ3) is 12.0. The molecule has 0 aliphatic carbocycles. The van der Waals surface area contributed by atoms with E-state index in [0.717, 1.165) is 0 Å². The third-order valence-corrected chi connectivity index (χ3v) is 3.68. The molecule has 0 saturated carbocycles. The lowest BCUT2D eigenvalue weighted by Gasteiger charge is -2.08. The van der Waals surface area contributed by atoms with Gasteiger partial charge in [-0.05, 0) is 68.4 Å². The average molecular weight is 459 g/mol. The van der Waals surface area contributed by atoms with Crippen LogP contribution in [0, 0.1) is 0 Å². The molecule has 2 aromatic carbocycles. The van der Waals surface area contributed by atoms with Crippen molar-refractivity contribution in [2.24, 2.45) is 5.73 Å². The Kier molecular flexibility index (Phi) is 13.4. The van der Waals surface area contributed by atoms with E-state index in [4.69, 9.17) is 10.8 Å². The first-order chi connectivity index (χ1) is 15.4. The fourth-order valence-corrected chi connectivity index (χ4v) is 2.17. The van der Waals surface area contributed by atoms with Gasteiger partial charge in [-0.1, -0.05) is 13.8 Å². The van der Waals surface area contributed by atoms with E-state index in [0.29, 0.717) is 22.7 Å². The maximum absolute atomic E-state index is 11.6. The summed E-state index contributed by atoms with van der Waals surface area (Å²) in [6.45, 7) is 7.69. The highest BCUT2D eigenvalue weighted by atomic mass is 16.4. The van der Waals surface area contributed by atoms with Crippen LogP contribution in [0.2, 0.25) is 0 Å². The molecule has 0 unspecified atom stereocenters. The van der Waals surface area contributed by atoms with E-state index in [1.165, 1.54) is 31.3 Å². The predicted molar refractivity (Wildman–Crippen MR) is 129 cm³/mol. The molecule has 0 bridgehead atoms. The van der Waals surface area contributed by atoms with Gasteiger partial charge < -0.3 is 26.8 Å². The van der Waals surface area contributed by atoms with Crippen molar-refractivity contribution in [1.82, 2.24) is 16.0 Å². The SMILES string of the molecule is CC(C)N.CNC(=O)c1ccc(C(=O)NC(C)C)cc1.CNC(=O)c1ccc(C(=O)O)cc1. The molecule has 3 amide bonds. The van der Waals surface area contributed by atoms with Crippen molar-refractivity contribution >= 4 is 23.7 Å². The summed E-state index contributed by atoms with van der Waals surface area (Å²) in [7, 11) is 3.09. The minimum atomic E-state index is -0.997. The van der Waals surface area contributed by atoms with Crippen molar-refractivity contribution in [3.05, 3.63) is 70.8 Å². The van der Waals surface area contributed by atoms with Crippen molar-refractivity contribution in [3.63, 3.8) is 0 Å². The fourth-order valence-electron chi connectivity index (χ4n) is 2.17. The van der Waals surface area contributed by atoms with Gasteiger partial charge in [0, 0.05) is 36.8 Å². The van der Waals surface area contributed by atoms with Gasteiger partial charge in [-0.2, -0.15) is 0 Å². The van der Waals surface area contributed by atoms with Crippen LogP contribution >= 0.6 is 0 Å². The number of rotatable bonds is 5. The summed E-state index contributed by atoms with van der Waals surface area (Å²) in [5.74, 6) is -1.50. The predicted octanol–water partition coefficient (Wildman–Crippen LogP) is 2.28. The van der Waals surface area contributed by atoms with Gasteiger partial charge in [-0.3, -0.25) is 14.4 Å². The summed E-state index contributed by atoms with van der Waals surface area (Å²) in [6.07, 6.45) is 0. The molecule has 180 valence electrons. The number of carbonyl (C=O) groups excluding carboxylic acids is 3. The Morgan fingerprint density at radius 3 is 1.18 bits per heavy atom. The van der Waals surface area contributed by atoms with Crippen LogP contribution in [-0.4, -0.2) is 55.0 Å². The van der Waals surface area contributed by atoms with Crippen molar-refractivity contribution < 1.29 is 24.3 Å². The van der Waals surface area contributed by atoms with Gasteiger partial charge in [0.15, 0.2) is 0 Å². The molecule has 0 saturated heterocycles. The standard InChI is InChI=1S/C12H16N2O2.C9H9NO3.C3H9N/c1-8(2)14-12(16)10-6-4-9(5-7-10)11(15)13-3;1-10-8(11)6-2-4-7(5-3-6)9(12)13;1-3(2)4/h4-8H,1-3H3,(H,13,15)(H,14,16);2-5H,1H3,(H,10,11)(H,12,13);3H,4H2,1-2H3. The molecule has 0 aliphatic rings. The second kappa shape index (κ2) is 15.1. The zero-order chi connectivity index (χ0) is 25.6. The van der Waals surface area contributed by atoms with Gasteiger partial charge in [0.1, 0.15) is 0 Å². The first-order valence-electron chi connectivity index (χ1n) is 10.4. The smallest absolute Gasteiger partial charge is 0.335 e. The lowest BCUT2D eigenvalue weighted by Crippen LogP contribution is -2.30. The highest BCUT2D eigenvalue weighted by Crippen LogP contribution is 2.05. The molecule has 0 heterocycles. The second-order valence-electron chi connectivity index (χ2n) is 7.49. The van der Waals surface area contributed by atoms with Crippen LogP contribution in [0.1, 0.15) is 69.1 Å². The Balaban J connectivity index is 0.000000542. The number of hydrogen-bond acceptors (Lipinski definition) is 5. The molecule has 9 nitrogen and oxygen atoms in total. The van der Waals surface area contributed by atoms with Gasteiger partial charge >= 0.3 is 5.97 Å². The quantitative estimate of drug-likeness (QED) is 0.464. The molecule has 0 fully saturated rings. The van der Waals surface area contributed by atoms with E-state index in [9.17, 15) is 19.2 Å². The molecule has 6 N–H and O–H groups in total. The zero-order valence-electron chi connectivity index (χ0n) is 19.9. The largest absolute Gasteiger partial charge is 0.478 e.